The summed E-state index contributed by atoms with van der Waals surface area (Å²) in [7, 11) is 1.59. The zero-order valence-corrected chi connectivity index (χ0v) is 23.6. The van der Waals surface area contributed by atoms with Gasteiger partial charge in [-0.25, -0.2) is 14.2 Å². The van der Waals surface area contributed by atoms with Crippen molar-refractivity contribution in [3.63, 3.8) is 0 Å². The fourth-order valence-electron chi connectivity index (χ4n) is 3.91. The fraction of sp³-hybridized carbons (Fsp3) is 0.321. The summed E-state index contributed by atoms with van der Waals surface area (Å²) in [6.45, 7) is 3.56. The van der Waals surface area contributed by atoms with Gasteiger partial charge < -0.3 is 9.84 Å². The molecule has 0 fully saturated rings. The fourth-order valence-corrected chi connectivity index (χ4v) is 5.21. The smallest absolute Gasteiger partial charge is 0.331 e. The molecule has 38 heavy (non-hydrogen) atoms. The van der Waals surface area contributed by atoms with E-state index in [9.17, 15) is 9.59 Å². The molecule has 0 spiro atoms. The highest BCUT2D eigenvalue weighted by Gasteiger charge is 2.20. The number of nitrogens with one attached hydrogen (secondary N) is 1. The van der Waals surface area contributed by atoms with E-state index in [-0.39, 0.29) is 32.4 Å². The molecule has 0 saturated carbocycles. The van der Waals surface area contributed by atoms with Gasteiger partial charge >= 0.3 is 5.97 Å². The molecule has 0 saturated heterocycles. The molecule has 0 bridgehead atoms. The standard InChI is InChI=1S/C28H29Cl2FN2O4S/c1-4-5-6-7-11-24(37-3)19-10-8-9-18(25(19)31)23-15-38-28(32-23)33-26(34)17-13-21(29)20(22(30)14-17)12-16(2)27(35)36/h8-10,12-15,24H,4-7,11H2,1-3H3,(H,35,36)(H,32,33,34)/b16-12+. The van der Waals surface area contributed by atoms with Crippen LogP contribution in [0.5, 0.6) is 0 Å². The molecule has 0 aliphatic rings. The molecule has 1 atom stereocenters. The number of anilines is 1. The first-order valence-electron chi connectivity index (χ1n) is 12.1. The Bertz CT molecular complexity index is 1320. The van der Waals surface area contributed by atoms with Crippen molar-refractivity contribution in [3.05, 3.63) is 73.8 Å². The van der Waals surface area contributed by atoms with Gasteiger partial charge in [0, 0.05) is 40.3 Å². The Hall–Kier alpha value is -2.78. The number of carboxylic acids is 1. The first-order chi connectivity index (χ1) is 18.2. The average Bonchev–Trinajstić information content (AvgIpc) is 3.34. The lowest BCUT2D eigenvalue weighted by Gasteiger charge is -2.17. The van der Waals surface area contributed by atoms with Gasteiger partial charge in [0.25, 0.3) is 5.91 Å². The summed E-state index contributed by atoms with van der Waals surface area (Å²) in [6, 6.07) is 7.94. The van der Waals surface area contributed by atoms with Crippen molar-refractivity contribution in [2.45, 2.75) is 52.1 Å². The maximum atomic E-state index is 15.5. The molecule has 1 aromatic heterocycles. The Morgan fingerprint density at radius 3 is 2.55 bits per heavy atom. The number of unbranched alkanes of at least 4 members (excludes halogenated alkanes) is 3. The zero-order valence-electron chi connectivity index (χ0n) is 21.3. The Balaban J connectivity index is 1.78. The van der Waals surface area contributed by atoms with Crippen molar-refractivity contribution >= 4 is 57.6 Å². The molecule has 3 aromatic rings. The van der Waals surface area contributed by atoms with Crippen molar-refractivity contribution in [1.29, 1.82) is 0 Å². The number of hydrogen-bond acceptors (Lipinski definition) is 5. The third kappa shape index (κ3) is 7.41. The normalized spacial score (nSPS) is 12.4. The summed E-state index contributed by atoms with van der Waals surface area (Å²) in [6.07, 6.45) is 6.00. The number of carbonyl (C=O) groups is 2. The monoisotopic (exact) mass is 578 g/mol. The van der Waals surface area contributed by atoms with Gasteiger partial charge in [-0.2, -0.15) is 0 Å². The molecule has 1 unspecified atom stereocenters. The first kappa shape index (κ1) is 29.8. The highest BCUT2D eigenvalue weighted by atomic mass is 35.5. The highest BCUT2D eigenvalue weighted by molar-refractivity contribution is 7.14. The molecule has 202 valence electrons. The summed E-state index contributed by atoms with van der Waals surface area (Å²) in [5.41, 5.74) is 1.72. The number of methoxy groups -OCH3 is 1. The molecular weight excluding hydrogens is 550 g/mol. The van der Waals surface area contributed by atoms with Crippen LogP contribution in [-0.2, 0) is 9.53 Å². The van der Waals surface area contributed by atoms with E-state index < -0.39 is 17.7 Å². The third-order valence-electron chi connectivity index (χ3n) is 6.02. The molecule has 6 nitrogen and oxygen atoms in total. The predicted molar refractivity (Wildman–Crippen MR) is 152 cm³/mol. The summed E-state index contributed by atoms with van der Waals surface area (Å²) in [4.78, 5) is 28.4. The van der Waals surface area contributed by atoms with Crippen LogP contribution in [0.3, 0.4) is 0 Å². The Labute approximate surface area is 235 Å². The molecular formula is C28H29Cl2FN2O4S. The number of aliphatic carboxylic acids is 1. The van der Waals surface area contributed by atoms with E-state index in [4.69, 9.17) is 33.0 Å². The van der Waals surface area contributed by atoms with Gasteiger partial charge in [0.1, 0.15) is 5.82 Å². The van der Waals surface area contributed by atoms with Crippen molar-refractivity contribution < 1.29 is 23.8 Å². The number of nitrogens with zero attached hydrogens (tertiary/aromatic N) is 1. The van der Waals surface area contributed by atoms with Crippen LogP contribution in [-0.4, -0.2) is 29.1 Å². The van der Waals surface area contributed by atoms with Crippen molar-refractivity contribution in [2.24, 2.45) is 0 Å². The molecule has 0 aliphatic carbocycles. The number of ether oxygens (including phenoxy) is 1. The number of thiazole rings is 1. The van der Waals surface area contributed by atoms with E-state index >= 15 is 4.39 Å². The molecule has 10 heteroatoms. The van der Waals surface area contributed by atoms with E-state index in [0.717, 1.165) is 43.4 Å². The van der Waals surface area contributed by atoms with E-state index in [0.29, 0.717) is 22.4 Å². The van der Waals surface area contributed by atoms with Gasteiger partial charge in [-0.05, 0) is 37.6 Å². The van der Waals surface area contributed by atoms with Crippen LogP contribution in [0.25, 0.3) is 17.3 Å². The van der Waals surface area contributed by atoms with Crippen LogP contribution in [0, 0.1) is 5.82 Å². The average molecular weight is 580 g/mol. The quantitative estimate of drug-likeness (QED) is 0.166. The number of aromatic nitrogens is 1. The second kappa shape index (κ2) is 13.8. The second-order valence-corrected chi connectivity index (χ2v) is 10.4. The summed E-state index contributed by atoms with van der Waals surface area (Å²) in [5, 5.41) is 14.0. The topological polar surface area (TPSA) is 88.5 Å². The molecule has 2 aromatic carbocycles. The van der Waals surface area contributed by atoms with Crippen LogP contribution < -0.4 is 5.32 Å². The predicted octanol–water partition coefficient (Wildman–Crippen LogP) is 8.65. The van der Waals surface area contributed by atoms with Gasteiger partial charge in [-0.3, -0.25) is 10.1 Å². The number of benzene rings is 2. The van der Waals surface area contributed by atoms with E-state index in [1.54, 1.807) is 30.7 Å². The minimum Gasteiger partial charge on any atom is -0.478 e. The van der Waals surface area contributed by atoms with Crippen LogP contribution in [0.15, 0.2) is 41.3 Å². The van der Waals surface area contributed by atoms with Crippen molar-refractivity contribution in [3.8, 4) is 11.3 Å². The summed E-state index contributed by atoms with van der Waals surface area (Å²) in [5.74, 6) is -2.01. The Morgan fingerprint density at radius 1 is 1.21 bits per heavy atom. The van der Waals surface area contributed by atoms with Gasteiger partial charge in [0.05, 0.1) is 21.8 Å². The minimum absolute atomic E-state index is 0.0472. The van der Waals surface area contributed by atoms with Crippen LogP contribution in [0.4, 0.5) is 9.52 Å². The molecule has 0 radical (unpaired) electrons. The molecule has 0 aliphatic heterocycles. The van der Waals surface area contributed by atoms with Crippen LogP contribution >= 0.6 is 34.5 Å². The molecule has 1 heterocycles. The summed E-state index contributed by atoms with van der Waals surface area (Å²) < 4.78 is 21.1. The van der Waals surface area contributed by atoms with Crippen molar-refractivity contribution in [2.75, 3.05) is 12.4 Å². The number of hydrogen-bond donors (Lipinski definition) is 2. The number of amides is 1. The third-order valence-corrected chi connectivity index (χ3v) is 7.40. The van der Waals surface area contributed by atoms with E-state index in [2.05, 4.69) is 17.2 Å². The largest absolute Gasteiger partial charge is 0.478 e. The lowest BCUT2D eigenvalue weighted by Crippen LogP contribution is -2.12. The Morgan fingerprint density at radius 2 is 1.92 bits per heavy atom. The highest BCUT2D eigenvalue weighted by Crippen LogP contribution is 2.34. The van der Waals surface area contributed by atoms with Crippen molar-refractivity contribution in [1.82, 2.24) is 4.98 Å². The number of rotatable bonds is 12. The maximum Gasteiger partial charge on any atom is 0.331 e. The van der Waals surface area contributed by atoms with Crippen LogP contribution in [0.2, 0.25) is 10.0 Å². The Kier molecular flexibility index (Phi) is 10.8. The van der Waals surface area contributed by atoms with Gasteiger partial charge in [0.2, 0.25) is 0 Å². The summed E-state index contributed by atoms with van der Waals surface area (Å²) >= 11 is 13.7. The minimum atomic E-state index is -1.11. The lowest BCUT2D eigenvalue weighted by molar-refractivity contribution is -0.132. The zero-order chi connectivity index (χ0) is 27.8. The lowest BCUT2D eigenvalue weighted by atomic mass is 9.99. The SMILES string of the molecule is CCCCCCC(OC)c1cccc(-c2csc(NC(=O)c3cc(Cl)c(/C=C(\C)C(=O)O)c(Cl)c3)n2)c1F. The molecule has 2 N–H and O–H groups in total. The van der Waals surface area contributed by atoms with Gasteiger partial charge in [0.15, 0.2) is 5.13 Å². The van der Waals surface area contributed by atoms with E-state index in [1.807, 2.05) is 0 Å². The second-order valence-electron chi connectivity index (χ2n) is 8.76. The molecule has 1 amide bonds. The van der Waals surface area contributed by atoms with Gasteiger partial charge in [-0.15, -0.1) is 11.3 Å². The number of carboxylic acid groups (broad SMARTS) is 1. The van der Waals surface area contributed by atoms with E-state index in [1.165, 1.54) is 25.1 Å². The number of carbonyl (C=O) groups excluding carboxylic acids is 1. The maximum absolute atomic E-state index is 15.5. The first-order valence-corrected chi connectivity index (χ1v) is 13.8. The van der Waals surface area contributed by atoms with Crippen LogP contribution in [0.1, 0.15) is 73.5 Å². The number of halogens is 3. The van der Waals surface area contributed by atoms with Gasteiger partial charge in [-0.1, -0.05) is 67.9 Å². The molecule has 3 rings (SSSR count).